The highest BCUT2D eigenvalue weighted by molar-refractivity contribution is 5.93. The van der Waals surface area contributed by atoms with Crippen molar-refractivity contribution in [1.82, 2.24) is 29.5 Å². The number of rotatable bonds is 9. The Kier molecular flexibility index (Phi) is 7.91. The van der Waals surface area contributed by atoms with Gasteiger partial charge in [-0.3, -0.25) is 9.36 Å². The average Bonchev–Trinajstić information content (AvgIpc) is 3.54. The molecule has 9 nitrogen and oxygen atoms in total. The van der Waals surface area contributed by atoms with Gasteiger partial charge in [0.1, 0.15) is 17.6 Å². The van der Waals surface area contributed by atoms with Crippen LogP contribution in [-0.2, 0) is 12.7 Å². The molecular weight excluding hydrogens is 542 g/mol. The van der Waals surface area contributed by atoms with E-state index in [1.165, 1.54) is 0 Å². The summed E-state index contributed by atoms with van der Waals surface area (Å²) in [7, 11) is 0. The normalized spacial score (nSPS) is 18.1. The smallest absolute Gasteiger partial charge is 0.419 e. The Morgan fingerprint density at radius 3 is 2.56 bits per heavy atom. The fourth-order valence-corrected chi connectivity index (χ4v) is 5.15. The minimum Gasteiger partial charge on any atom is -0.472 e. The molecule has 1 aliphatic rings. The van der Waals surface area contributed by atoms with Crippen molar-refractivity contribution in [2.24, 2.45) is 5.41 Å². The quantitative estimate of drug-likeness (QED) is 0.241. The van der Waals surface area contributed by atoms with Gasteiger partial charge in [0.25, 0.3) is 5.88 Å². The van der Waals surface area contributed by atoms with E-state index in [-0.39, 0.29) is 18.1 Å². The minimum absolute atomic E-state index is 0.00865. The third-order valence-corrected chi connectivity index (χ3v) is 7.30. The highest BCUT2D eigenvalue weighted by atomic mass is 19.4. The van der Waals surface area contributed by atoms with Crippen LogP contribution in [-0.4, -0.2) is 53.9 Å². The number of nitrogens with one attached hydrogen (secondary N) is 1. The summed E-state index contributed by atoms with van der Waals surface area (Å²) in [4.78, 5) is 8.25. The van der Waals surface area contributed by atoms with Crippen LogP contribution in [0.15, 0.2) is 36.9 Å². The maximum Gasteiger partial charge on any atom is 0.419 e. The van der Waals surface area contributed by atoms with Crippen LogP contribution in [0.4, 0.5) is 23.4 Å². The monoisotopic (exact) mass is 575 g/mol. The largest absolute Gasteiger partial charge is 0.472 e. The SMILES string of the molecule is CCNc1cc2c(cn1)c(-c1cnn(CC(C)(C)CO)c1)nn2C1CCC(Oc2nccc(C(F)(F)F)c2F)CC1. The Hall–Kier alpha value is -3.74. The van der Waals surface area contributed by atoms with Crippen LogP contribution < -0.4 is 10.1 Å². The first-order valence-electron chi connectivity index (χ1n) is 13.6. The lowest BCUT2D eigenvalue weighted by atomic mass is 9.93. The molecule has 2 N–H and O–H groups in total. The molecule has 0 spiro atoms. The molecule has 0 aliphatic heterocycles. The molecule has 13 heteroatoms. The molecule has 1 aliphatic carbocycles. The summed E-state index contributed by atoms with van der Waals surface area (Å²) in [5, 5.41) is 23.2. The van der Waals surface area contributed by atoms with E-state index in [2.05, 4.69) is 20.4 Å². The maximum atomic E-state index is 14.5. The zero-order valence-electron chi connectivity index (χ0n) is 23.1. The lowest BCUT2D eigenvalue weighted by molar-refractivity contribution is -0.140. The zero-order chi connectivity index (χ0) is 29.4. The van der Waals surface area contributed by atoms with Crippen molar-refractivity contribution in [2.45, 2.75) is 71.3 Å². The molecule has 0 amide bonds. The van der Waals surface area contributed by atoms with E-state index in [4.69, 9.17) is 9.84 Å². The second-order valence-corrected chi connectivity index (χ2v) is 11.2. The molecule has 0 atom stereocenters. The number of nitrogens with zero attached hydrogens (tertiary/aromatic N) is 6. The number of alkyl halides is 3. The van der Waals surface area contributed by atoms with Gasteiger partial charge >= 0.3 is 6.18 Å². The Morgan fingerprint density at radius 1 is 1.12 bits per heavy atom. The molecule has 0 saturated heterocycles. The van der Waals surface area contributed by atoms with Crippen LogP contribution in [0.2, 0.25) is 0 Å². The van der Waals surface area contributed by atoms with Crippen LogP contribution in [0.25, 0.3) is 22.2 Å². The van der Waals surface area contributed by atoms with Crippen molar-refractivity contribution < 1.29 is 27.4 Å². The van der Waals surface area contributed by atoms with Gasteiger partial charge < -0.3 is 15.2 Å². The van der Waals surface area contributed by atoms with Crippen molar-refractivity contribution in [3.05, 3.63) is 48.3 Å². The number of pyridine rings is 2. The van der Waals surface area contributed by atoms with Gasteiger partial charge in [-0.25, -0.2) is 14.4 Å². The zero-order valence-corrected chi connectivity index (χ0v) is 23.1. The molecule has 0 bridgehead atoms. The topological polar surface area (TPSA) is 103 Å². The van der Waals surface area contributed by atoms with Gasteiger partial charge in [0, 0.05) is 60.7 Å². The van der Waals surface area contributed by atoms with Crippen molar-refractivity contribution >= 4 is 16.7 Å². The van der Waals surface area contributed by atoms with E-state index in [0.29, 0.717) is 44.8 Å². The number of aromatic nitrogens is 6. The molecule has 0 aromatic carbocycles. The van der Waals surface area contributed by atoms with E-state index in [1.54, 1.807) is 17.1 Å². The van der Waals surface area contributed by atoms with E-state index < -0.39 is 29.5 Å². The lowest BCUT2D eigenvalue weighted by Gasteiger charge is -2.29. The number of aliphatic hydroxyl groups is 1. The van der Waals surface area contributed by atoms with Crippen molar-refractivity contribution in [3.63, 3.8) is 0 Å². The molecule has 1 saturated carbocycles. The standard InChI is InChI=1S/C28H33F4N7O2/c1-4-33-23-11-22-20(13-35-23)25(17-12-36-38(14-17)15-27(2,3)16-40)37-39(22)18-5-7-19(8-6-18)41-26-24(29)21(9-10-34-26)28(30,31)32/h9-14,18-19,40H,4-8,15-16H2,1-3H3,(H,33,35). The predicted molar refractivity (Wildman–Crippen MR) is 145 cm³/mol. The van der Waals surface area contributed by atoms with Gasteiger partial charge in [-0.05, 0) is 38.7 Å². The van der Waals surface area contributed by atoms with Gasteiger partial charge in [0.2, 0.25) is 0 Å². The number of aliphatic hydroxyl groups excluding tert-OH is 1. The number of anilines is 1. The second kappa shape index (κ2) is 11.3. The van der Waals surface area contributed by atoms with Gasteiger partial charge in [-0.15, -0.1) is 0 Å². The van der Waals surface area contributed by atoms with Crippen molar-refractivity contribution in [1.29, 1.82) is 0 Å². The maximum absolute atomic E-state index is 14.5. The summed E-state index contributed by atoms with van der Waals surface area (Å²) in [6.45, 7) is 7.18. The molecule has 5 rings (SSSR count). The Morgan fingerprint density at radius 2 is 1.88 bits per heavy atom. The van der Waals surface area contributed by atoms with E-state index in [9.17, 15) is 22.7 Å². The predicted octanol–water partition coefficient (Wildman–Crippen LogP) is 5.86. The first-order chi connectivity index (χ1) is 19.5. The summed E-state index contributed by atoms with van der Waals surface area (Å²) < 4.78 is 63.2. The molecule has 0 unspecified atom stereocenters. The molecule has 0 radical (unpaired) electrons. The molecule has 220 valence electrons. The molecule has 4 aromatic rings. The number of fused-ring (bicyclic) bond motifs is 1. The third-order valence-electron chi connectivity index (χ3n) is 7.30. The van der Waals surface area contributed by atoms with E-state index in [0.717, 1.165) is 34.2 Å². The van der Waals surface area contributed by atoms with Crippen LogP contribution in [0.3, 0.4) is 0 Å². The Bertz CT molecular complexity index is 1510. The molecule has 41 heavy (non-hydrogen) atoms. The summed E-state index contributed by atoms with van der Waals surface area (Å²) in [5.41, 5.74) is 0.727. The number of hydrogen-bond acceptors (Lipinski definition) is 7. The molecule has 4 aromatic heterocycles. The van der Waals surface area contributed by atoms with Crippen LogP contribution in [0.1, 0.15) is 58.1 Å². The first-order valence-corrected chi connectivity index (χ1v) is 13.6. The highest BCUT2D eigenvalue weighted by Gasteiger charge is 2.36. The minimum atomic E-state index is -4.83. The fourth-order valence-electron chi connectivity index (χ4n) is 5.15. The summed E-state index contributed by atoms with van der Waals surface area (Å²) >= 11 is 0. The third kappa shape index (κ3) is 6.14. The van der Waals surface area contributed by atoms with E-state index >= 15 is 0 Å². The Labute approximate surface area is 234 Å². The summed E-state index contributed by atoms with van der Waals surface area (Å²) in [6, 6.07) is 2.55. The number of halogens is 4. The van der Waals surface area contributed by atoms with Gasteiger partial charge in [-0.1, -0.05) is 13.8 Å². The number of hydrogen-bond donors (Lipinski definition) is 2. The Balaban J connectivity index is 1.39. The second-order valence-electron chi connectivity index (χ2n) is 11.2. The molecule has 1 fully saturated rings. The van der Waals surface area contributed by atoms with Crippen molar-refractivity contribution in [3.8, 4) is 17.1 Å². The van der Waals surface area contributed by atoms with Crippen LogP contribution >= 0.6 is 0 Å². The van der Waals surface area contributed by atoms with Gasteiger partial charge in [0.05, 0.1) is 23.3 Å². The molecule has 4 heterocycles. The average molecular weight is 576 g/mol. The van der Waals surface area contributed by atoms with Crippen molar-refractivity contribution in [2.75, 3.05) is 18.5 Å². The van der Waals surface area contributed by atoms with Crippen LogP contribution in [0.5, 0.6) is 5.88 Å². The highest BCUT2D eigenvalue weighted by Crippen LogP contribution is 2.38. The van der Waals surface area contributed by atoms with Crippen LogP contribution in [0, 0.1) is 11.2 Å². The fraction of sp³-hybridized carbons (Fsp3) is 0.500. The number of ether oxygens (including phenoxy) is 1. The van der Waals surface area contributed by atoms with Gasteiger partial charge in [0.15, 0.2) is 5.82 Å². The van der Waals surface area contributed by atoms with Gasteiger partial charge in [-0.2, -0.15) is 23.4 Å². The lowest BCUT2D eigenvalue weighted by Crippen LogP contribution is -2.27. The van der Waals surface area contributed by atoms with E-state index in [1.807, 2.05) is 37.7 Å². The first kappa shape index (κ1) is 28.8. The summed E-state index contributed by atoms with van der Waals surface area (Å²) in [5.74, 6) is -1.40. The summed E-state index contributed by atoms with van der Waals surface area (Å²) in [6.07, 6.45) is 3.32. The molecular formula is C28H33F4N7O2.